The van der Waals surface area contributed by atoms with Crippen LogP contribution in [0.25, 0.3) is 10.9 Å². The number of benzene rings is 2. The van der Waals surface area contributed by atoms with E-state index in [1.54, 1.807) is 19.2 Å². The van der Waals surface area contributed by atoms with Gasteiger partial charge in [0.15, 0.2) is 0 Å². The Bertz CT molecular complexity index is 1160. The van der Waals surface area contributed by atoms with E-state index in [9.17, 15) is 9.59 Å². The number of hydrogen-bond donors (Lipinski definition) is 2. The van der Waals surface area contributed by atoms with Crippen molar-refractivity contribution in [2.45, 2.75) is 31.7 Å². The summed E-state index contributed by atoms with van der Waals surface area (Å²) in [6.07, 6.45) is 3.04. The normalized spacial score (nSPS) is 16.6. The third-order valence-corrected chi connectivity index (χ3v) is 6.14. The number of amides is 1. The molecule has 2 aromatic carbocycles. The van der Waals surface area contributed by atoms with Crippen LogP contribution in [-0.2, 0) is 5.54 Å². The minimum absolute atomic E-state index is 0.150. The Balaban J connectivity index is 0.000000407. The lowest BCUT2D eigenvalue weighted by Gasteiger charge is -2.24. The molecule has 2 fully saturated rings. The van der Waals surface area contributed by atoms with Gasteiger partial charge in [0.25, 0.3) is 5.91 Å². The molecule has 0 unspecified atom stereocenters. The number of aromatic nitrogens is 1. The Morgan fingerprint density at radius 2 is 1.84 bits per heavy atom. The van der Waals surface area contributed by atoms with Crippen molar-refractivity contribution in [1.82, 2.24) is 15.2 Å². The third kappa shape index (κ3) is 4.49. The molecule has 6 heteroatoms. The van der Waals surface area contributed by atoms with Gasteiger partial charge in [-0.3, -0.25) is 9.59 Å². The highest BCUT2D eigenvalue weighted by atomic mass is 16.5. The fourth-order valence-corrected chi connectivity index (χ4v) is 3.92. The van der Waals surface area contributed by atoms with E-state index in [4.69, 9.17) is 4.74 Å². The number of nitrogens with zero attached hydrogens (tertiary/aromatic N) is 1. The number of para-hydroxylation sites is 1. The predicted octanol–water partition coefficient (Wildman–Crippen LogP) is 3.59. The van der Waals surface area contributed by atoms with Gasteiger partial charge in [0.1, 0.15) is 5.75 Å². The van der Waals surface area contributed by atoms with Crippen LogP contribution in [-0.4, -0.2) is 43.0 Å². The molecule has 1 amide bonds. The molecule has 5 rings (SSSR count). The molecule has 2 aliphatic rings. The van der Waals surface area contributed by atoms with E-state index in [0.29, 0.717) is 11.3 Å². The molecule has 1 aromatic heterocycles. The van der Waals surface area contributed by atoms with Crippen LogP contribution in [0.1, 0.15) is 40.7 Å². The second-order valence-corrected chi connectivity index (χ2v) is 8.47. The number of aromatic amines is 1. The highest BCUT2D eigenvalue weighted by molar-refractivity contribution is 5.97. The van der Waals surface area contributed by atoms with Crippen molar-refractivity contribution in [2.24, 2.45) is 0 Å². The zero-order valence-corrected chi connectivity index (χ0v) is 18.3. The number of ether oxygens (including phenoxy) is 1. The summed E-state index contributed by atoms with van der Waals surface area (Å²) in [6.45, 7) is 4.54. The number of carbonyl (C=O) groups is 1. The summed E-state index contributed by atoms with van der Waals surface area (Å²) >= 11 is 0. The van der Waals surface area contributed by atoms with E-state index in [1.807, 2.05) is 43.3 Å². The van der Waals surface area contributed by atoms with Gasteiger partial charge >= 0.3 is 0 Å². The van der Waals surface area contributed by atoms with Gasteiger partial charge in [-0.2, -0.15) is 0 Å². The summed E-state index contributed by atoms with van der Waals surface area (Å²) in [5, 5.41) is 4.13. The molecule has 2 N–H and O–H groups in total. The summed E-state index contributed by atoms with van der Waals surface area (Å²) in [5.41, 5.74) is 2.50. The molecule has 1 aliphatic heterocycles. The van der Waals surface area contributed by atoms with Gasteiger partial charge in [0.2, 0.25) is 5.56 Å². The summed E-state index contributed by atoms with van der Waals surface area (Å²) in [5.74, 6) is 0.496. The maximum Gasteiger partial charge on any atom is 0.252 e. The number of H-pyrrole nitrogens is 1. The SMILES string of the molecule is CN1CCC1.COc1ccc(C)c(C(=O)NC2(c3cc(=O)[nH]c4ccccc34)CC2)c1. The third-order valence-electron chi connectivity index (χ3n) is 6.14. The molecule has 162 valence electrons. The van der Waals surface area contributed by atoms with Crippen molar-refractivity contribution in [2.75, 3.05) is 27.2 Å². The minimum atomic E-state index is -0.486. The lowest BCUT2D eigenvalue weighted by Crippen LogP contribution is -2.36. The van der Waals surface area contributed by atoms with Crippen molar-refractivity contribution in [3.63, 3.8) is 0 Å². The summed E-state index contributed by atoms with van der Waals surface area (Å²) in [7, 11) is 3.72. The number of likely N-dealkylation sites (tertiary alicyclic amines) is 1. The number of hydrogen-bond acceptors (Lipinski definition) is 4. The highest BCUT2D eigenvalue weighted by Crippen LogP contribution is 2.47. The number of fused-ring (bicyclic) bond motifs is 1. The van der Waals surface area contributed by atoms with Gasteiger partial charge in [-0.15, -0.1) is 0 Å². The molecular formula is C25H29N3O3. The largest absolute Gasteiger partial charge is 0.497 e. The molecule has 1 saturated carbocycles. The molecule has 1 saturated heterocycles. The second-order valence-electron chi connectivity index (χ2n) is 8.47. The highest BCUT2D eigenvalue weighted by Gasteiger charge is 2.47. The van der Waals surface area contributed by atoms with E-state index >= 15 is 0 Å². The zero-order valence-electron chi connectivity index (χ0n) is 18.3. The first kappa shape index (κ1) is 21.1. The number of pyridine rings is 1. The van der Waals surface area contributed by atoms with Gasteiger partial charge in [-0.05, 0) is 75.6 Å². The number of nitrogens with one attached hydrogen (secondary N) is 2. The van der Waals surface area contributed by atoms with E-state index in [-0.39, 0.29) is 11.5 Å². The van der Waals surface area contributed by atoms with Crippen molar-refractivity contribution in [1.29, 1.82) is 0 Å². The van der Waals surface area contributed by atoms with Crippen LogP contribution in [0.15, 0.2) is 53.3 Å². The number of aryl methyl sites for hydroxylation is 1. The molecule has 0 bridgehead atoms. The second kappa shape index (κ2) is 8.55. The first-order valence-electron chi connectivity index (χ1n) is 10.7. The maximum absolute atomic E-state index is 12.9. The number of methoxy groups -OCH3 is 1. The van der Waals surface area contributed by atoms with Crippen LogP contribution >= 0.6 is 0 Å². The molecule has 31 heavy (non-hydrogen) atoms. The van der Waals surface area contributed by atoms with Crippen LogP contribution in [0.5, 0.6) is 5.75 Å². The Morgan fingerprint density at radius 3 is 2.45 bits per heavy atom. The Kier molecular flexibility index (Phi) is 5.83. The molecular weight excluding hydrogens is 390 g/mol. The topological polar surface area (TPSA) is 74.4 Å². The van der Waals surface area contributed by atoms with Crippen molar-refractivity contribution in [3.8, 4) is 5.75 Å². The molecule has 0 spiro atoms. The lowest BCUT2D eigenvalue weighted by atomic mass is 9.99. The van der Waals surface area contributed by atoms with Gasteiger partial charge in [0.05, 0.1) is 12.6 Å². The monoisotopic (exact) mass is 419 g/mol. The number of carbonyl (C=O) groups excluding carboxylic acids is 1. The van der Waals surface area contributed by atoms with Crippen LogP contribution < -0.4 is 15.6 Å². The van der Waals surface area contributed by atoms with Crippen molar-refractivity contribution < 1.29 is 9.53 Å². The Hall–Kier alpha value is -3.12. The lowest BCUT2D eigenvalue weighted by molar-refractivity contribution is 0.0930. The first-order chi connectivity index (χ1) is 14.9. The zero-order chi connectivity index (χ0) is 22.0. The van der Waals surface area contributed by atoms with Crippen LogP contribution in [0.2, 0.25) is 0 Å². The molecule has 1 aliphatic carbocycles. The van der Waals surface area contributed by atoms with E-state index in [2.05, 4.69) is 22.2 Å². The standard InChI is InChI=1S/C21H20N2O3.C4H9N/c1-13-7-8-14(26-2)11-16(13)20(25)23-21(9-10-21)17-12-19(24)22-18-6-4-3-5-15(17)18;1-5-3-2-4-5/h3-8,11-12H,9-10H2,1-2H3,(H,22,24)(H,23,25);2-4H2,1H3. The maximum atomic E-state index is 12.9. The van der Waals surface area contributed by atoms with Gasteiger partial charge in [-0.1, -0.05) is 24.3 Å². The quantitative estimate of drug-likeness (QED) is 0.678. The van der Waals surface area contributed by atoms with Gasteiger partial charge in [-0.25, -0.2) is 0 Å². The minimum Gasteiger partial charge on any atom is -0.497 e. The van der Waals surface area contributed by atoms with E-state index in [0.717, 1.165) is 34.9 Å². The average molecular weight is 420 g/mol. The van der Waals surface area contributed by atoms with E-state index in [1.165, 1.54) is 19.5 Å². The first-order valence-corrected chi connectivity index (χ1v) is 10.7. The molecule has 6 nitrogen and oxygen atoms in total. The Morgan fingerprint density at radius 1 is 1.13 bits per heavy atom. The van der Waals surface area contributed by atoms with Gasteiger partial charge < -0.3 is 19.9 Å². The predicted molar refractivity (Wildman–Crippen MR) is 123 cm³/mol. The summed E-state index contributed by atoms with van der Waals surface area (Å²) in [6, 6.07) is 14.7. The van der Waals surface area contributed by atoms with Crippen molar-refractivity contribution >= 4 is 16.8 Å². The fraction of sp³-hybridized carbons (Fsp3) is 0.360. The van der Waals surface area contributed by atoms with Crippen LogP contribution in [0.4, 0.5) is 0 Å². The molecule has 0 radical (unpaired) electrons. The molecule has 2 heterocycles. The Labute approximate surface area is 182 Å². The smallest absolute Gasteiger partial charge is 0.252 e. The summed E-state index contributed by atoms with van der Waals surface area (Å²) < 4.78 is 5.24. The fourth-order valence-electron chi connectivity index (χ4n) is 3.92. The average Bonchev–Trinajstić information content (AvgIpc) is 3.52. The number of rotatable bonds is 4. The molecule has 3 aromatic rings. The van der Waals surface area contributed by atoms with Gasteiger partial charge in [0, 0.05) is 22.5 Å². The van der Waals surface area contributed by atoms with Crippen LogP contribution in [0, 0.1) is 6.92 Å². The van der Waals surface area contributed by atoms with Crippen LogP contribution in [0.3, 0.4) is 0 Å². The van der Waals surface area contributed by atoms with Crippen molar-refractivity contribution in [3.05, 3.63) is 75.6 Å². The summed E-state index contributed by atoms with van der Waals surface area (Å²) in [4.78, 5) is 30.2. The molecule has 0 atom stereocenters. The van der Waals surface area contributed by atoms with E-state index < -0.39 is 5.54 Å².